The number of hydrazine groups is 1. The van der Waals surface area contributed by atoms with E-state index in [-0.39, 0.29) is 11.5 Å². The van der Waals surface area contributed by atoms with Crippen molar-refractivity contribution in [2.24, 2.45) is 11.3 Å². The minimum Gasteiger partial charge on any atom is -0.271 e. The van der Waals surface area contributed by atoms with E-state index in [1.807, 2.05) is 4.68 Å². The molecular weight excluding hydrogens is 214 g/mol. The second-order valence-electron chi connectivity index (χ2n) is 5.73. The van der Waals surface area contributed by atoms with Crippen LogP contribution in [0.4, 0.5) is 0 Å². The molecule has 1 aromatic heterocycles. The summed E-state index contributed by atoms with van der Waals surface area (Å²) in [6.45, 7) is 9.71. The molecule has 0 aliphatic carbocycles. The summed E-state index contributed by atoms with van der Waals surface area (Å²) in [4.78, 5) is 4.31. The Hall–Kier alpha value is -0.940. The van der Waals surface area contributed by atoms with Gasteiger partial charge < -0.3 is 0 Å². The Morgan fingerprint density at radius 3 is 2.71 bits per heavy atom. The number of aryl methyl sites for hydroxylation is 1. The molecule has 5 heteroatoms. The number of hydrogen-bond donors (Lipinski definition) is 2. The fraction of sp³-hybridized carbons (Fsp3) is 0.833. The van der Waals surface area contributed by atoms with E-state index in [1.165, 1.54) is 0 Å². The van der Waals surface area contributed by atoms with Gasteiger partial charge in [-0.15, -0.1) is 0 Å². The lowest BCUT2D eigenvalue weighted by molar-refractivity contribution is 0.303. The van der Waals surface area contributed by atoms with Crippen LogP contribution in [0.2, 0.25) is 0 Å². The zero-order valence-electron chi connectivity index (χ0n) is 11.4. The van der Waals surface area contributed by atoms with E-state index in [1.54, 1.807) is 6.33 Å². The molecule has 1 aromatic rings. The number of nitrogens with zero attached hydrogens (tertiary/aromatic N) is 3. The third-order valence-electron chi connectivity index (χ3n) is 2.65. The summed E-state index contributed by atoms with van der Waals surface area (Å²) in [6, 6.07) is 0.245. The van der Waals surface area contributed by atoms with Gasteiger partial charge in [-0.1, -0.05) is 27.7 Å². The Morgan fingerprint density at radius 1 is 1.47 bits per heavy atom. The maximum atomic E-state index is 5.61. The van der Waals surface area contributed by atoms with Gasteiger partial charge in [-0.2, -0.15) is 5.10 Å². The predicted octanol–water partition coefficient (Wildman–Crippen LogP) is 1.50. The Bertz CT molecular complexity index is 326. The largest absolute Gasteiger partial charge is 0.271 e. The van der Waals surface area contributed by atoms with Crippen molar-refractivity contribution < 1.29 is 0 Å². The van der Waals surface area contributed by atoms with Crippen molar-refractivity contribution in [3.05, 3.63) is 12.2 Å². The maximum Gasteiger partial charge on any atom is 0.138 e. The van der Waals surface area contributed by atoms with E-state index in [0.29, 0.717) is 0 Å². The van der Waals surface area contributed by atoms with E-state index >= 15 is 0 Å². The highest BCUT2D eigenvalue weighted by molar-refractivity contribution is 4.90. The molecule has 0 radical (unpaired) electrons. The molecule has 3 N–H and O–H groups in total. The van der Waals surface area contributed by atoms with Crippen LogP contribution < -0.4 is 11.3 Å². The highest BCUT2D eigenvalue weighted by atomic mass is 15.3. The summed E-state index contributed by atoms with van der Waals surface area (Å²) < 4.78 is 1.97. The van der Waals surface area contributed by atoms with Gasteiger partial charge in [0.2, 0.25) is 0 Å². The zero-order valence-corrected chi connectivity index (χ0v) is 11.4. The van der Waals surface area contributed by atoms with Crippen molar-refractivity contribution in [2.75, 3.05) is 0 Å². The lowest BCUT2D eigenvalue weighted by Gasteiger charge is -2.25. The van der Waals surface area contributed by atoms with Crippen molar-refractivity contribution >= 4 is 0 Å². The van der Waals surface area contributed by atoms with Gasteiger partial charge in [0.25, 0.3) is 0 Å². The Labute approximate surface area is 104 Å². The smallest absolute Gasteiger partial charge is 0.138 e. The van der Waals surface area contributed by atoms with Gasteiger partial charge in [0.1, 0.15) is 12.2 Å². The van der Waals surface area contributed by atoms with Gasteiger partial charge in [0.15, 0.2) is 0 Å². The van der Waals surface area contributed by atoms with Gasteiger partial charge in [0, 0.05) is 19.0 Å². The molecule has 0 aromatic carbocycles. The van der Waals surface area contributed by atoms with Crippen molar-refractivity contribution in [1.82, 2.24) is 20.2 Å². The summed E-state index contributed by atoms with van der Waals surface area (Å²) in [7, 11) is 0. The minimum absolute atomic E-state index is 0.245. The first kappa shape index (κ1) is 14.1. The molecule has 0 saturated carbocycles. The first-order valence-electron chi connectivity index (χ1n) is 6.29. The summed E-state index contributed by atoms with van der Waals surface area (Å²) in [5.74, 6) is 6.63. The lowest BCUT2D eigenvalue weighted by atomic mass is 9.87. The number of hydrogen-bond acceptors (Lipinski definition) is 4. The molecule has 98 valence electrons. The van der Waals surface area contributed by atoms with Crippen LogP contribution in [0.1, 0.15) is 46.4 Å². The van der Waals surface area contributed by atoms with Gasteiger partial charge in [0.05, 0.1) is 0 Å². The number of nitrogens with two attached hydrogens (primary N) is 1. The molecule has 0 spiro atoms. The van der Waals surface area contributed by atoms with Crippen molar-refractivity contribution in [1.29, 1.82) is 0 Å². The minimum atomic E-state index is 0.245. The second kappa shape index (κ2) is 6.12. The SMILES string of the molecule is CCCn1ncnc1CC(CC(C)(C)C)NN. The van der Waals surface area contributed by atoms with Crippen LogP contribution in [-0.2, 0) is 13.0 Å². The summed E-state index contributed by atoms with van der Waals surface area (Å²) in [5.41, 5.74) is 3.14. The highest BCUT2D eigenvalue weighted by Gasteiger charge is 2.19. The molecule has 0 bridgehead atoms. The van der Waals surface area contributed by atoms with Crippen molar-refractivity contribution in [3.63, 3.8) is 0 Å². The van der Waals surface area contributed by atoms with Gasteiger partial charge >= 0.3 is 0 Å². The quantitative estimate of drug-likeness (QED) is 0.583. The van der Waals surface area contributed by atoms with Crippen LogP contribution in [0.25, 0.3) is 0 Å². The van der Waals surface area contributed by atoms with Gasteiger partial charge in [-0.3, -0.25) is 16.0 Å². The molecule has 1 rings (SSSR count). The average molecular weight is 239 g/mol. The molecule has 5 nitrogen and oxygen atoms in total. The topological polar surface area (TPSA) is 68.8 Å². The molecule has 1 unspecified atom stereocenters. The Balaban J connectivity index is 2.63. The Morgan fingerprint density at radius 2 is 2.18 bits per heavy atom. The second-order valence-corrected chi connectivity index (χ2v) is 5.73. The predicted molar refractivity (Wildman–Crippen MR) is 69.2 cm³/mol. The standard InChI is InChI=1S/C12H25N5/c1-5-6-17-11(14-9-15-17)7-10(16-13)8-12(2,3)4/h9-10,16H,5-8,13H2,1-4H3. The molecule has 17 heavy (non-hydrogen) atoms. The van der Waals surface area contributed by atoms with Crippen LogP contribution in [0.15, 0.2) is 6.33 Å². The maximum absolute atomic E-state index is 5.61. The summed E-state index contributed by atoms with van der Waals surface area (Å²) in [5, 5.41) is 4.23. The Kier molecular flexibility index (Phi) is 5.08. The van der Waals surface area contributed by atoms with E-state index < -0.39 is 0 Å². The van der Waals surface area contributed by atoms with Crippen molar-refractivity contribution in [2.45, 2.75) is 59.5 Å². The fourth-order valence-corrected chi connectivity index (χ4v) is 1.99. The van der Waals surface area contributed by atoms with Crippen LogP contribution in [-0.4, -0.2) is 20.8 Å². The molecule has 0 saturated heterocycles. The van der Waals surface area contributed by atoms with E-state index in [4.69, 9.17) is 5.84 Å². The van der Waals surface area contributed by atoms with Crippen LogP contribution in [0.3, 0.4) is 0 Å². The van der Waals surface area contributed by atoms with Crippen LogP contribution in [0, 0.1) is 5.41 Å². The molecule has 0 aliphatic rings. The highest BCUT2D eigenvalue weighted by Crippen LogP contribution is 2.21. The first-order chi connectivity index (χ1) is 7.96. The molecule has 0 fully saturated rings. The van der Waals surface area contributed by atoms with E-state index in [0.717, 1.165) is 31.6 Å². The summed E-state index contributed by atoms with van der Waals surface area (Å²) in [6.07, 6.45) is 4.53. The third kappa shape index (κ3) is 4.83. The number of nitrogens with one attached hydrogen (secondary N) is 1. The molecule has 1 heterocycles. The lowest BCUT2D eigenvalue weighted by Crippen LogP contribution is -2.40. The van der Waals surface area contributed by atoms with Gasteiger partial charge in [-0.05, 0) is 18.3 Å². The van der Waals surface area contributed by atoms with Crippen molar-refractivity contribution in [3.8, 4) is 0 Å². The zero-order chi connectivity index (χ0) is 12.9. The molecule has 0 amide bonds. The van der Waals surface area contributed by atoms with Crippen LogP contribution >= 0.6 is 0 Å². The number of rotatable bonds is 6. The normalized spacial score (nSPS) is 13.9. The van der Waals surface area contributed by atoms with Crippen LogP contribution in [0.5, 0.6) is 0 Å². The average Bonchev–Trinajstić information content (AvgIpc) is 2.63. The third-order valence-corrected chi connectivity index (χ3v) is 2.65. The first-order valence-corrected chi connectivity index (χ1v) is 6.29. The fourth-order valence-electron chi connectivity index (χ4n) is 1.99. The van der Waals surface area contributed by atoms with Gasteiger partial charge in [-0.25, -0.2) is 4.98 Å². The van der Waals surface area contributed by atoms with E-state index in [2.05, 4.69) is 43.2 Å². The van der Waals surface area contributed by atoms with E-state index in [9.17, 15) is 0 Å². The monoisotopic (exact) mass is 239 g/mol. The number of aromatic nitrogens is 3. The molecular formula is C12H25N5. The summed E-state index contributed by atoms with van der Waals surface area (Å²) >= 11 is 0. The molecule has 0 aliphatic heterocycles. The molecule has 1 atom stereocenters.